The molecule has 146 valence electrons. The Hall–Kier alpha value is -2.82. The van der Waals surface area contributed by atoms with Crippen LogP contribution in [0.25, 0.3) is 22.0 Å². The average Bonchev–Trinajstić information content (AvgIpc) is 3.35. The maximum atomic E-state index is 11.0. The van der Waals surface area contributed by atoms with Crippen LogP contribution in [0.4, 0.5) is 0 Å². The smallest absolute Gasteiger partial charge is 0.303 e. The number of carboxylic acids is 1. The molecule has 3 aromatic rings. The first-order valence-electron chi connectivity index (χ1n) is 10.00. The van der Waals surface area contributed by atoms with E-state index in [1.54, 1.807) is 0 Å². The van der Waals surface area contributed by atoms with E-state index < -0.39 is 5.97 Å². The van der Waals surface area contributed by atoms with Crippen LogP contribution in [0.1, 0.15) is 37.7 Å². The molecule has 0 unspecified atom stereocenters. The summed E-state index contributed by atoms with van der Waals surface area (Å²) in [5, 5.41) is 14.4. The van der Waals surface area contributed by atoms with Crippen LogP contribution in [-0.4, -0.2) is 27.5 Å². The van der Waals surface area contributed by atoms with E-state index in [2.05, 4.69) is 29.4 Å². The minimum Gasteiger partial charge on any atom is -0.493 e. The van der Waals surface area contributed by atoms with Gasteiger partial charge in [-0.1, -0.05) is 25.0 Å². The van der Waals surface area contributed by atoms with Gasteiger partial charge in [-0.15, -0.1) is 0 Å². The summed E-state index contributed by atoms with van der Waals surface area (Å²) >= 11 is 0. The lowest BCUT2D eigenvalue weighted by Crippen LogP contribution is -2.09. The van der Waals surface area contributed by atoms with Crippen molar-refractivity contribution in [1.29, 1.82) is 0 Å². The van der Waals surface area contributed by atoms with Crippen molar-refractivity contribution in [2.24, 2.45) is 13.0 Å². The third-order valence-electron chi connectivity index (χ3n) is 5.68. The molecule has 0 bridgehead atoms. The van der Waals surface area contributed by atoms with E-state index in [-0.39, 0.29) is 6.42 Å². The van der Waals surface area contributed by atoms with E-state index in [4.69, 9.17) is 9.84 Å². The number of aryl methyl sites for hydroxylation is 2. The predicted octanol–water partition coefficient (Wildman–Crippen LogP) is 4.83. The van der Waals surface area contributed by atoms with E-state index in [1.807, 2.05) is 30.1 Å². The zero-order chi connectivity index (χ0) is 19.5. The van der Waals surface area contributed by atoms with Crippen LogP contribution in [0.2, 0.25) is 0 Å². The zero-order valence-corrected chi connectivity index (χ0v) is 16.2. The first-order chi connectivity index (χ1) is 13.6. The van der Waals surface area contributed by atoms with Crippen molar-refractivity contribution in [3.8, 4) is 16.9 Å². The first-order valence-corrected chi connectivity index (χ1v) is 10.00. The van der Waals surface area contributed by atoms with Gasteiger partial charge in [0.1, 0.15) is 5.75 Å². The van der Waals surface area contributed by atoms with Gasteiger partial charge in [0.25, 0.3) is 0 Å². The van der Waals surface area contributed by atoms with Gasteiger partial charge < -0.3 is 9.84 Å². The number of rotatable bonds is 7. The van der Waals surface area contributed by atoms with Crippen LogP contribution in [0.15, 0.2) is 42.6 Å². The summed E-state index contributed by atoms with van der Waals surface area (Å²) in [6.45, 7) is 0.747. The molecule has 0 amide bonds. The Morgan fingerprint density at radius 3 is 2.82 bits per heavy atom. The maximum absolute atomic E-state index is 11.0. The summed E-state index contributed by atoms with van der Waals surface area (Å²) in [5.41, 5.74) is 4.18. The lowest BCUT2D eigenvalue weighted by molar-refractivity contribution is -0.136. The number of aromatic nitrogens is 2. The summed E-state index contributed by atoms with van der Waals surface area (Å²) in [7, 11) is 1.94. The molecule has 2 aromatic carbocycles. The highest BCUT2D eigenvalue weighted by molar-refractivity contribution is 5.86. The van der Waals surface area contributed by atoms with Gasteiger partial charge in [-0.2, -0.15) is 5.10 Å². The van der Waals surface area contributed by atoms with Crippen molar-refractivity contribution < 1.29 is 14.6 Å². The summed E-state index contributed by atoms with van der Waals surface area (Å²) in [6, 6.07) is 12.3. The molecule has 1 aliphatic rings. The number of benzene rings is 2. The fourth-order valence-electron chi connectivity index (χ4n) is 4.05. The third-order valence-corrected chi connectivity index (χ3v) is 5.68. The average molecular weight is 378 g/mol. The fraction of sp³-hybridized carbons (Fsp3) is 0.391. The van der Waals surface area contributed by atoms with E-state index in [0.29, 0.717) is 12.3 Å². The van der Waals surface area contributed by atoms with Gasteiger partial charge in [-0.25, -0.2) is 0 Å². The molecule has 0 saturated heterocycles. The minimum atomic E-state index is -0.778. The van der Waals surface area contributed by atoms with Crippen LogP contribution in [-0.2, 0) is 18.3 Å². The largest absolute Gasteiger partial charge is 0.493 e. The molecule has 1 heterocycles. The van der Waals surface area contributed by atoms with E-state index >= 15 is 0 Å². The molecule has 0 aliphatic heterocycles. The molecule has 0 atom stereocenters. The van der Waals surface area contributed by atoms with Crippen molar-refractivity contribution in [1.82, 2.24) is 9.78 Å². The number of hydrogen-bond acceptors (Lipinski definition) is 3. The maximum Gasteiger partial charge on any atom is 0.303 e. The Kier molecular flexibility index (Phi) is 5.33. The van der Waals surface area contributed by atoms with Crippen molar-refractivity contribution in [3.05, 3.63) is 48.2 Å². The quantitative estimate of drug-likeness (QED) is 0.640. The van der Waals surface area contributed by atoms with Gasteiger partial charge in [0.05, 0.1) is 18.3 Å². The molecule has 1 N–H and O–H groups in total. The van der Waals surface area contributed by atoms with Crippen LogP contribution in [0.5, 0.6) is 5.75 Å². The first kappa shape index (κ1) is 18.5. The lowest BCUT2D eigenvalue weighted by Gasteiger charge is -2.16. The highest BCUT2D eigenvalue weighted by Gasteiger charge is 2.17. The van der Waals surface area contributed by atoms with Gasteiger partial charge in [0, 0.05) is 24.4 Å². The monoisotopic (exact) mass is 378 g/mol. The standard InChI is InChI=1S/C23H26N2O3/c1-25-21-9-8-18(13-19(21)14-24-25)20-12-16(7-11-23(26)27)6-10-22(20)28-15-17-4-2-3-5-17/h6,8-10,12-14,17H,2-5,7,11,15H2,1H3,(H,26,27). The van der Waals surface area contributed by atoms with Gasteiger partial charge in [0.2, 0.25) is 0 Å². The van der Waals surface area contributed by atoms with E-state index in [9.17, 15) is 4.79 Å². The Morgan fingerprint density at radius 2 is 2.04 bits per heavy atom. The number of aliphatic carboxylic acids is 1. The molecule has 0 spiro atoms. The summed E-state index contributed by atoms with van der Waals surface area (Å²) < 4.78 is 8.10. The predicted molar refractivity (Wildman–Crippen MR) is 110 cm³/mol. The number of nitrogens with zero attached hydrogens (tertiary/aromatic N) is 2. The van der Waals surface area contributed by atoms with Crippen molar-refractivity contribution >= 4 is 16.9 Å². The van der Waals surface area contributed by atoms with Crippen molar-refractivity contribution in [2.75, 3.05) is 6.61 Å². The van der Waals surface area contributed by atoms with Gasteiger partial charge >= 0.3 is 5.97 Å². The second kappa shape index (κ2) is 8.05. The number of carbonyl (C=O) groups is 1. The van der Waals surface area contributed by atoms with Crippen LogP contribution >= 0.6 is 0 Å². The fourth-order valence-corrected chi connectivity index (χ4v) is 4.05. The molecule has 1 aromatic heterocycles. The van der Waals surface area contributed by atoms with Crippen LogP contribution in [0, 0.1) is 5.92 Å². The molecular formula is C23H26N2O3. The number of carboxylic acid groups (broad SMARTS) is 1. The van der Waals surface area contributed by atoms with E-state index in [0.717, 1.165) is 39.9 Å². The molecule has 5 heteroatoms. The van der Waals surface area contributed by atoms with Crippen molar-refractivity contribution in [3.63, 3.8) is 0 Å². The topological polar surface area (TPSA) is 64.4 Å². The zero-order valence-electron chi connectivity index (χ0n) is 16.2. The van der Waals surface area contributed by atoms with Crippen molar-refractivity contribution in [2.45, 2.75) is 38.5 Å². The number of fused-ring (bicyclic) bond motifs is 1. The molecule has 1 saturated carbocycles. The molecule has 1 aliphatic carbocycles. The normalized spacial score (nSPS) is 14.6. The second-order valence-electron chi connectivity index (χ2n) is 7.73. The molecular weight excluding hydrogens is 352 g/mol. The Bertz CT molecular complexity index is 987. The third kappa shape index (κ3) is 4.03. The van der Waals surface area contributed by atoms with Gasteiger partial charge in [0.15, 0.2) is 0 Å². The number of hydrogen-bond donors (Lipinski definition) is 1. The summed E-state index contributed by atoms with van der Waals surface area (Å²) in [4.78, 5) is 11.0. The van der Waals surface area contributed by atoms with Crippen LogP contribution < -0.4 is 4.74 Å². The Labute approximate surface area is 164 Å². The molecule has 5 nitrogen and oxygen atoms in total. The highest BCUT2D eigenvalue weighted by atomic mass is 16.5. The van der Waals surface area contributed by atoms with Crippen LogP contribution in [0.3, 0.4) is 0 Å². The molecule has 4 rings (SSSR count). The minimum absolute atomic E-state index is 0.128. The summed E-state index contributed by atoms with van der Waals surface area (Å²) in [6.07, 6.45) is 7.59. The second-order valence-corrected chi connectivity index (χ2v) is 7.73. The lowest BCUT2D eigenvalue weighted by atomic mass is 9.98. The van der Waals surface area contributed by atoms with Gasteiger partial charge in [-0.05, 0) is 60.6 Å². The Morgan fingerprint density at radius 1 is 1.21 bits per heavy atom. The SMILES string of the molecule is Cn1ncc2cc(-c3cc(CCC(=O)O)ccc3OCC3CCCC3)ccc21. The van der Waals surface area contributed by atoms with Gasteiger partial charge in [-0.3, -0.25) is 9.48 Å². The highest BCUT2D eigenvalue weighted by Crippen LogP contribution is 2.34. The molecule has 28 heavy (non-hydrogen) atoms. The Balaban J connectivity index is 1.66. The summed E-state index contributed by atoms with van der Waals surface area (Å²) in [5.74, 6) is 0.731. The van der Waals surface area contributed by atoms with E-state index in [1.165, 1.54) is 25.7 Å². The number of ether oxygens (including phenoxy) is 1. The molecule has 1 fully saturated rings. The molecule has 0 radical (unpaired) electrons.